The second-order valence-electron chi connectivity index (χ2n) is 5.30. The molecule has 1 aromatic heterocycles. The number of fused-ring (bicyclic) bond motifs is 1. The van der Waals surface area contributed by atoms with Crippen molar-refractivity contribution >= 4 is 45.3 Å². The number of nitrogens with one attached hydrogen (secondary N) is 1. The molecule has 8 heteroatoms. The summed E-state index contributed by atoms with van der Waals surface area (Å²) in [5, 5.41) is 2.58. The fourth-order valence-corrected chi connectivity index (χ4v) is 3.11. The average Bonchev–Trinajstić information content (AvgIpc) is 3.01. The molecule has 0 atom stereocenters. The van der Waals surface area contributed by atoms with Gasteiger partial charge in [-0.3, -0.25) is 4.79 Å². The van der Waals surface area contributed by atoms with E-state index in [-0.39, 0.29) is 5.69 Å². The van der Waals surface area contributed by atoms with E-state index in [0.717, 1.165) is 21.0 Å². The van der Waals surface area contributed by atoms with Crippen molar-refractivity contribution in [1.29, 1.82) is 0 Å². The van der Waals surface area contributed by atoms with Crippen molar-refractivity contribution < 1.29 is 22.7 Å². The molecule has 0 spiro atoms. The fourth-order valence-electron chi connectivity index (χ4n) is 2.21. The zero-order valence-electron chi connectivity index (χ0n) is 13.5. The van der Waals surface area contributed by atoms with Crippen LogP contribution in [0.1, 0.15) is 10.6 Å². The number of alkyl halides is 3. The van der Waals surface area contributed by atoms with Crippen molar-refractivity contribution in [2.24, 2.45) is 0 Å². The highest BCUT2D eigenvalue weighted by Crippen LogP contribution is 2.27. The Morgan fingerprint density at radius 1 is 1.19 bits per heavy atom. The Hall–Kier alpha value is -2.87. The van der Waals surface area contributed by atoms with E-state index < -0.39 is 12.1 Å². The second kappa shape index (κ2) is 7.17. The Bertz CT molecular complexity index is 980. The van der Waals surface area contributed by atoms with Crippen LogP contribution >= 0.6 is 11.3 Å². The summed E-state index contributed by atoms with van der Waals surface area (Å²) in [7, 11) is 1.59. The standard InChI is InChI=1S/C18H13F3N2O2S/c1-25-13-6-7-14-15(10-13)26-16(23-14)8-5-11-3-2-4-12(9-11)22-17(24)18(19,20)21/h2-10H,1H3,(H,22,24)/b8-5+. The van der Waals surface area contributed by atoms with Crippen LogP contribution in [0.3, 0.4) is 0 Å². The van der Waals surface area contributed by atoms with Gasteiger partial charge in [-0.25, -0.2) is 4.98 Å². The number of thiazole rings is 1. The molecule has 0 aliphatic carbocycles. The Morgan fingerprint density at radius 3 is 2.73 bits per heavy atom. The highest BCUT2D eigenvalue weighted by Gasteiger charge is 2.38. The van der Waals surface area contributed by atoms with Crippen molar-refractivity contribution in [2.45, 2.75) is 6.18 Å². The van der Waals surface area contributed by atoms with Crippen LogP contribution in [0, 0.1) is 0 Å². The minimum Gasteiger partial charge on any atom is -0.497 e. The molecule has 0 aliphatic heterocycles. The van der Waals surface area contributed by atoms with Gasteiger partial charge in [0.05, 0.1) is 17.3 Å². The molecule has 3 rings (SSSR count). The number of hydrogen-bond donors (Lipinski definition) is 1. The van der Waals surface area contributed by atoms with E-state index in [2.05, 4.69) is 4.98 Å². The summed E-state index contributed by atoms with van der Waals surface area (Å²) in [5.41, 5.74) is 1.55. The van der Waals surface area contributed by atoms with Gasteiger partial charge in [0, 0.05) is 5.69 Å². The van der Waals surface area contributed by atoms with Crippen LogP contribution in [0.2, 0.25) is 0 Å². The van der Waals surface area contributed by atoms with Crippen molar-refractivity contribution in [3.8, 4) is 5.75 Å². The molecule has 3 aromatic rings. The van der Waals surface area contributed by atoms with Gasteiger partial charge in [-0.05, 0) is 42.0 Å². The molecular formula is C18H13F3N2O2S. The third-order valence-electron chi connectivity index (χ3n) is 3.43. The summed E-state index contributed by atoms with van der Waals surface area (Å²) in [6, 6.07) is 11.7. The molecule has 26 heavy (non-hydrogen) atoms. The van der Waals surface area contributed by atoms with E-state index in [1.165, 1.54) is 23.5 Å². The van der Waals surface area contributed by atoms with Crippen LogP contribution in [0.25, 0.3) is 22.4 Å². The summed E-state index contributed by atoms with van der Waals surface area (Å²) in [4.78, 5) is 15.5. The van der Waals surface area contributed by atoms with Gasteiger partial charge in [0.2, 0.25) is 0 Å². The van der Waals surface area contributed by atoms with Gasteiger partial charge in [-0.2, -0.15) is 13.2 Å². The molecule has 134 valence electrons. The lowest BCUT2D eigenvalue weighted by atomic mass is 10.2. The van der Waals surface area contributed by atoms with Crippen LogP contribution < -0.4 is 10.1 Å². The minimum atomic E-state index is -4.92. The molecule has 0 bridgehead atoms. The number of benzene rings is 2. The van der Waals surface area contributed by atoms with Crippen LogP contribution in [-0.2, 0) is 4.79 Å². The lowest BCUT2D eigenvalue weighted by Crippen LogP contribution is -2.29. The summed E-state index contributed by atoms with van der Waals surface area (Å²) in [6.07, 6.45) is -1.44. The molecule has 1 heterocycles. The number of carbonyl (C=O) groups excluding carboxylic acids is 1. The first kappa shape index (κ1) is 17.9. The third kappa shape index (κ3) is 4.20. The number of nitrogens with zero attached hydrogens (tertiary/aromatic N) is 1. The molecule has 4 nitrogen and oxygen atoms in total. The van der Waals surface area contributed by atoms with Gasteiger partial charge in [0.1, 0.15) is 10.8 Å². The molecule has 1 amide bonds. The normalized spacial score (nSPS) is 11.8. The maximum atomic E-state index is 12.3. The molecule has 0 saturated heterocycles. The van der Waals surface area contributed by atoms with Crippen molar-refractivity contribution in [2.75, 3.05) is 12.4 Å². The SMILES string of the molecule is COc1ccc2nc(/C=C/c3cccc(NC(=O)C(F)(F)F)c3)sc2c1. The smallest absolute Gasteiger partial charge is 0.471 e. The molecule has 2 aromatic carbocycles. The molecule has 0 unspecified atom stereocenters. The van der Waals surface area contributed by atoms with E-state index in [4.69, 9.17) is 4.74 Å². The first-order chi connectivity index (χ1) is 12.3. The molecule has 0 aliphatic rings. The molecule has 1 N–H and O–H groups in total. The number of aromatic nitrogens is 1. The summed E-state index contributed by atoms with van der Waals surface area (Å²) in [6.45, 7) is 0. The number of ether oxygens (including phenoxy) is 1. The Kier molecular flexibility index (Phi) is 4.94. The molecular weight excluding hydrogens is 365 g/mol. The number of halogens is 3. The zero-order valence-corrected chi connectivity index (χ0v) is 14.3. The van der Waals surface area contributed by atoms with Crippen LogP contribution in [-0.4, -0.2) is 24.2 Å². The lowest BCUT2D eigenvalue weighted by molar-refractivity contribution is -0.167. The van der Waals surface area contributed by atoms with E-state index in [0.29, 0.717) is 5.56 Å². The van der Waals surface area contributed by atoms with Gasteiger partial charge in [-0.15, -0.1) is 11.3 Å². The first-order valence-electron chi connectivity index (χ1n) is 7.46. The van der Waals surface area contributed by atoms with E-state index in [1.807, 2.05) is 23.5 Å². The molecule has 0 saturated carbocycles. The van der Waals surface area contributed by atoms with Crippen molar-refractivity contribution in [3.63, 3.8) is 0 Å². The maximum absolute atomic E-state index is 12.3. The number of amides is 1. The summed E-state index contributed by atoms with van der Waals surface area (Å²) < 4.78 is 43.1. The van der Waals surface area contributed by atoms with Gasteiger partial charge in [-0.1, -0.05) is 18.2 Å². The van der Waals surface area contributed by atoms with Crippen molar-refractivity contribution in [3.05, 3.63) is 53.0 Å². The molecule has 0 fully saturated rings. The van der Waals surface area contributed by atoms with Crippen LogP contribution in [0.15, 0.2) is 42.5 Å². The van der Waals surface area contributed by atoms with Crippen LogP contribution in [0.5, 0.6) is 5.75 Å². The van der Waals surface area contributed by atoms with Gasteiger partial charge in [0.25, 0.3) is 0 Å². The second-order valence-corrected chi connectivity index (χ2v) is 6.36. The third-order valence-corrected chi connectivity index (χ3v) is 4.42. The van der Waals surface area contributed by atoms with Gasteiger partial charge < -0.3 is 10.1 Å². The van der Waals surface area contributed by atoms with E-state index >= 15 is 0 Å². The topological polar surface area (TPSA) is 51.2 Å². The number of anilines is 1. The summed E-state index contributed by atoms with van der Waals surface area (Å²) >= 11 is 1.47. The average molecular weight is 378 g/mol. The largest absolute Gasteiger partial charge is 0.497 e. The van der Waals surface area contributed by atoms with E-state index in [9.17, 15) is 18.0 Å². The minimum absolute atomic E-state index is 0.0727. The number of carbonyl (C=O) groups is 1. The van der Waals surface area contributed by atoms with Gasteiger partial charge in [0.15, 0.2) is 0 Å². The van der Waals surface area contributed by atoms with Gasteiger partial charge >= 0.3 is 12.1 Å². The Morgan fingerprint density at radius 2 is 2.00 bits per heavy atom. The predicted molar refractivity (Wildman–Crippen MR) is 96.2 cm³/mol. The number of rotatable bonds is 4. The summed E-state index contributed by atoms with van der Waals surface area (Å²) in [5.74, 6) is -1.26. The zero-order chi connectivity index (χ0) is 18.7. The lowest BCUT2D eigenvalue weighted by Gasteiger charge is -2.08. The predicted octanol–water partition coefficient (Wildman–Crippen LogP) is 4.98. The monoisotopic (exact) mass is 378 g/mol. The maximum Gasteiger partial charge on any atom is 0.471 e. The Labute approximate surface area is 150 Å². The quantitative estimate of drug-likeness (QED) is 0.697. The fraction of sp³-hybridized carbons (Fsp3) is 0.111. The molecule has 0 radical (unpaired) electrons. The van der Waals surface area contributed by atoms with E-state index in [1.54, 1.807) is 31.4 Å². The van der Waals surface area contributed by atoms with Crippen LogP contribution in [0.4, 0.5) is 18.9 Å². The highest BCUT2D eigenvalue weighted by atomic mass is 32.1. The first-order valence-corrected chi connectivity index (χ1v) is 8.28. The Balaban J connectivity index is 1.78. The number of methoxy groups -OCH3 is 1. The highest BCUT2D eigenvalue weighted by molar-refractivity contribution is 7.19. The van der Waals surface area contributed by atoms with Crippen molar-refractivity contribution in [1.82, 2.24) is 4.98 Å². The number of hydrogen-bond acceptors (Lipinski definition) is 4.